The molecule has 0 radical (unpaired) electrons. The van der Waals surface area contributed by atoms with E-state index in [0.29, 0.717) is 12.1 Å². The third kappa shape index (κ3) is 5.30. The summed E-state index contributed by atoms with van der Waals surface area (Å²) in [5.41, 5.74) is 5.86. The van der Waals surface area contributed by atoms with Gasteiger partial charge in [0.15, 0.2) is 0 Å². The zero-order valence-electron chi connectivity index (χ0n) is 15.7. The third-order valence-electron chi connectivity index (χ3n) is 3.92. The van der Waals surface area contributed by atoms with E-state index < -0.39 is 10.0 Å². The van der Waals surface area contributed by atoms with Crippen molar-refractivity contribution in [1.29, 1.82) is 0 Å². The van der Waals surface area contributed by atoms with Gasteiger partial charge in [0.1, 0.15) is 6.33 Å². The number of benzene rings is 2. The highest BCUT2D eigenvalue weighted by atomic mass is 32.2. The molecule has 0 unspecified atom stereocenters. The maximum absolute atomic E-state index is 12.1. The average molecular weight is 401 g/mol. The Morgan fingerprint density at radius 3 is 2.46 bits per heavy atom. The van der Waals surface area contributed by atoms with Gasteiger partial charge in [0.25, 0.3) is 0 Å². The highest BCUT2D eigenvalue weighted by Gasteiger charge is 2.13. The van der Waals surface area contributed by atoms with E-state index in [-0.39, 0.29) is 17.8 Å². The van der Waals surface area contributed by atoms with Gasteiger partial charge in [-0.05, 0) is 37.1 Å². The summed E-state index contributed by atoms with van der Waals surface area (Å²) in [6, 6.07) is 14.1. The summed E-state index contributed by atoms with van der Waals surface area (Å²) in [5.74, 6) is -0.0763. The molecule has 0 aliphatic carbocycles. The van der Waals surface area contributed by atoms with E-state index in [2.05, 4.69) is 20.4 Å². The molecule has 0 spiro atoms. The van der Waals surface area contributed by atoms with Crippen molar-refractivity contribution >= 4 is 27.1 Å². The van der Waals surface area contributed by atoms with E-state index in [1.54, 1.807) is 49.1 Å². The molecule has 28 heavy (non-hydrogen) atoms. The number of hydrogen-bond acceptors (Lipinski definition) is 4. The second-order valence-electron chi connectivity index (χ2n) is 6.75. The van der Waals surface area contributed by atoms with Gasteiger partial charge in [0, 0.05) is 12.6 Å². The molecule has 1 heterocycles. The molecule has 2 amide bonds. The molecule has 3 N–H and O–H groups in total. The van der Waals surface area contributed by atoms with Crippen LogP contribution in [-0.2, 0) is 22.3 Å². The second kappa shape index (κ2) is 8.41. The van der Waals surface area contributed by atoms with Crippen molar-refractivity contribution in [1.82, 2.24) is 19.7 Å². The maximum Gasteiger partial charge on any atom is 0.334 e. The lowest BCUT2D eigenvalue weighted by Gasteiger charge is -2.11. The summed E-state index contributed by atoms with van der Waals surface area (Å²) < 4.78 is 28.1. The number of sulfonamides is 1. The third-order valence-corrected chi connectivity index (χ3v) is 5.47. The second-order valence-corrected chi connectivity index (χ2v) is 8.50. The summed E-state index contributed by atoms with van der Waals surface area (Å²) in [6.07, 6.45) is 1.55. The normalized spacial score (nSPS) is 11.7. The largest absolute Gasteiger partial charge is 0.334 e. The molecule has 2 aromatic carbocycles. The molecule has 1 aromatic heterocycles. The SMILES string of the molecule is CC(C)NS(=O)(=O)Cc1ccc(CNC(=O)Nn2cnc3ccccc32)cc1. The van der Waals surface area contributed by atoms with Crippen LogP contribution in [0.1, 0.15) is 25.0 Å². The van der Waals surface area contributed by atoms with Crippen molar-refractivity contribution in [2.45, 2.75) is 32.2 Å². The molecule has 0 atom stereocenters. The molecule has 3 rings (SSSR count). The number of para-hydroxylation sites is 2. The van der Waals surface area contributed by atoms with Gasteiger partial charge in [0.05, 0.1) is 16.8 Å². The van der Waals surface area contributed by atoms with Gasteiger partial charge < -0.3 is 5.32 Å². The van der Waals surface area contributed by atoms with Crippen LogP contribution in [0, 0.1) is 0 Å². The Morgan fingerprint density at radius 1 is 1.07 bits per heavy atom. The number of fused-ring (bicyclic) bond motifs is 1. The number of hydrogen-bond donors (Lipinski definition) is 3. The molecule has 0 aliphatic rings. The number of amides is 2. The van der Waals surface area contributed by atoms with Crippen LogP contribution in [0.5, 0.6) is 0 Å². The minimum Gasteiger partial charge on any atom is -0.333 e. The fourth-order valence-electron chi connectivity index (χ4n) is 2.75. The Labute approximate surface area is 164 Å². The molecule has 9 heteroatoms. The summed E-state index contributed by atoms with van der Waals surface area (Å²) in [5, 5.41) is 2.77. The predicted molar refractivity (Wildman–Crippen MR) is 109 cm³/mol. The monoisotopic (exact) mass is 401 g/mol. The molecular weight excluding hydrogens is 378 g/mol. The van der Waals surface area contributed by atoms with Crippen LogP contribution in [-0.4, -0.2) is 30.2 Å². The predicted octanol–water partition coefficient (Wildman–Crippen LogP) is 2.32. The summed E-state index contributed by atoms with van der Waals surface area (Å²) in [6.45, 7) is 3.88. The number of imidazole rings is 1. The molecule has 0 saturated heterocycles. The number of urea groups is 1. The fraction of sp³-hybridized carbons (Fsp3) is 0.263. The minimum atomic E-state index is -3.36. The van der Waals surface area contributed by atoms with E-state index in [1.807, 2.05) is 24.3 Å². The van der Waals surface area contributed by atoms with Gasteiger partial charge in [-0.25, -0.2) is 33.0 Å². The Kier molecular flexibility index (Phi) is 5.96. The average Bonchev–Trinajstić information content (AvgIpc) is 3.03. The first-order valence-electron chi connectivity index (χ1n) is 8.87. The first-order chi connectivity index (χ1) is 13.3. The van der Waals surface area contributed by atoms with Crippen molar-refractivity contribution < 1.29 is 13.2 Å². The van der Waals surface area contributed by atoms with Crippen LogP contribution in [0.4, 0.5) is 4.79 Å². The number of nitrogens with one attached hydrogen (secondary N) is 3. The Morgan fingerprint density at radius 2 is 1.75 bits per heavy atom. The molecule has 8 nitrogen and oxygen atoms in total. The van der Waals surface area contributed by atoms with Crippen molar-refractivity contribution in [3.05, 3.63) is 66.0 Å². The topological polar surface area (TPSA) is 105 Å². The van der Waals surface area contributed by atoms with Crippen LogP contribution < -0.4 is 15.5 Å². The standard InChI is InChI=1S/C19H23N5O3S/c1-14(2)23-28(26,27)12-16-9-7-15(8-10-16)11-20-19(25)22-24-13-21-17-5-3-4-6-18(17)24/h3-10,13-14,23H,11-12H2,1-2H3,(H2,20,22,25). The van der Waals surface area contributed by atoms with Gasteiger partial charge in [0.2, 0.25) is 10.0 Å². The van der Waals surface area contributed by atoms with Crippen LogP contribution in [0.15, 0.2) is 54.9 Å². The molecule has 148 valence electrons. The van der Waals surface area contributed by atoms with Crippen LogP contribution >= 0.6 is 0 Å². The van der Waals surface area contributed by atoms with Gasteiger partial charge in [-0.15, -0.1) is 0 Å². The number of carbonyl (C=O) groups is 1. The smallest absolute Gasteiger partial charge is 0.333 e. The maximum atomic E-state index is 12.1. The van der Waals surface area contributed by atoms with E-state index in [0.717, 1.165) is 16.6 Å². The summed E-state index contributed by atoms with van der Waals surface area (Å²) >= 11 is 0. The summed E-state index contributed by atoms with van der Waals surface area (Å²) in [4.78, 5) is 16.3. The van der Waals surface area contributed by atoms with Crippen molar-refractivity contribution in [2.24, 2.45) is 0 Å². The van der Waals surface area contributed by atoms with Crippen LogP contribution in [0.25, 0.3) is 11.0 Å². The van der Waals surface area contributed by atoms with Gasteiger partial charge in [-0.3, -0.25) is 0 Å². The van der Waals surface area contributed by atoms with E-state index >= 15 is 0 Å². The van der Waals surface area contributed by atoms with Gasteiger partial charge >= 0.3 is 6.03 Å². The Bertz CT molecular complexity index is 1060. The molecule has 3 aromatic rings. The van der Waals surface area contributed by atoms with E-state index in [1.165, 1.54) is 0 Å². The van der Waals surface area contributed by atoms with Crippen LogP contribution in [0.2, 0.25) is 0 Å². The lowest BCUT2D eigenvalue weighted by molar-refractivity contribution is 0.249. The van der Waals surface area contributed by atoms with Crippen molar-refractivity contribution in [3.8, 4) is 0 Å². The first-order valence-corrected chi connectivity index (χ1v) is 10.5. The quantitative estimate of drug-likeness (QED) is 0.565. The van der Waals surface area contributed by atoms with E-state index in [4.69, 9.17) is 0 Å². The number of rotatable bonds is 7. The molecule has 0 fully saturated rings. The van der Waals surface area contributed by atoms with Crippen molar-refractivity contribution in [3.63, 3.8) is 0 Å². The first kappa shape index (κ1) is 19.8. The zero-order valence-corrected chi connectivity index (χ0v) is 16.5. The Hall–Kier alpha value is -2.91. The summed E-state index contributed by atoms with van der Waals surface area (Å²) in [7, 11) is -3.36. The highest BCUT2D eigenvalue weighted by Crippen LogP contribution is 2.10. The van der Waals surface area contributed by atoms with Gasteiger partial charge in [-0.1, -0.05) is 36.4 Å². The highest BCUT2D eigenvalue weighted by molar-refractivity contribution is 7.88. The zero-order chi connectivity index (χ0) is 20.1. The lowest BCUT2D eigenvalue weighted by Crippen LogP contribution is -2.33. The molecule has 0 saturated carbocycles. The molecular formula is C19H23N5O3S. The van der Waals surface area contributed by atoms with E-state index in [9.17, 15) is 13.2 Å². The minimum absolute atomic E-state index is 0.0763. The Balaban J connectivity index is 1.54. The number of carbonyl (C=O) groups excluding carboxylic acids is 1. The van der Waals surface area contributed by atoms with Crippen molar-refractivity contribution in [2.75, 3.05) is 5.43 Å². The van der Waals surface area contributed by atoms with Crippen LogP contribution in [0.3, 0.4) is 0 Å². The number of aromatic nitrogens is 2. The lowest BCUT2D eigenvalue weighted by atomic mass is 10.1. The van der Waals surface area contributed by atoms with Gasteiger partial charge in [-0.2, -0.15) is 0 Å². The number of nitrogens with zero attached hydrogens (tertiary/aromatic N) is 2. The molecule has 0 aliphatic heterocycles. The molecule has 0 bridgehead atoms. The fourth-order valence-corrected chi connectivity index (χ4v) is 4.19.